The molecule has 0 amide bonds. The van der Waals surface area contributed by atoms with E-state index in [1.807, 2.05) is 34.0 Å². The van der Waals surface area contributed by atoms with E-state index in [1.54, 1.807) is 0 Å². The van der Waals surface area contributed by atoms with Gasteiger partial charge in [0.2, 0.25) is 0 Å². The minimum Gasteiger partial charge on any atom is -1.00 e. The quantitative estimate of drug-likeness (QED) is 0.431. The SMILES string of the molecule is CC(C)=CC[P+](c1ccsc1)(c1ccsc1)c1cccs1.[Br-]. The summed E-state index contributed by atoms with van der Waals surface area (Å²) in [5.41, 5.74) is 1.40. The molecule has 3 heterocycles. The van der Waals surface area contributed by atoms with Crippen LogP contribution in [0.25, 0.3) is 0 Å². The third kappa shape index (κ3) is 3.47. The van der Waals surface area contributed by atoms with Gasteiger partial charge in [-0.05, 0) is 60.3 Å². The largest absolute Gasteiger partial charge is 1.00 e. The molecule has 0 spiro atoms. The standard InChI is InChI=1S/C17H18PS3.BrH/c1-14(2)5-8-18(15-6-10-19-12-15,16-7-11-20-13-16)17-4-3-9-21-17;/h3-7,9-13H,8H2,1-2H3;1H/q+1;/p-1. The van der Waals surface area contributed by atoms with Crippen LogP contribution in [-0.4, -0.2) is 6.16 Å². The maximum atomic E-state index is 2.42. The molecule has 3 rings (SSSR count). The van der Waals surface area contributed by atoms with E-state index in [-0.39, 0.29) is 17.0 Å². The Labute approximate surface area is 155 Å². The Bertz CT molecular complexity index is 609. The van der Waals surface area contributed by atoms with Gasteiger partial charge in [0, 0.05) is 10.8 Å². The van der Waals surface area contributed by atoms with Gasteiger partial charge in [0.15, 0.2) is 4.62 Å². The van der Waals surface area contributed by atoms with E-state index in [0.717, 1.165) is 6.16 Å². The van der Waals surface area contributed by atoms with Gasteiger partial charge in [-0.3, -0.25) is 0 Å². The second-order valence-electron chi connectivity index (χ2n) is 5.19. The molecule has 0 saturated carbocycles. The van der Waals surface area contributed by atoms with Gasteiger partial charge in [-0.25, -0.2) is 0 Å². The molecule has 0 bridgehead atoms. The summed E-state index contributed by atoms with van der Waals surface area (Å²) in [6.07, 6.45) is 3.55. The summed E-state index contributed by atoms with van der Waals surface area (Å²) in [5.74, 6) is 0. The molecule has 0 aromatic carbocycles. The summed E-state index contributed by atoms with van der Waals surface area (Å²) in [6, 6.07) is 9.17. The van der Waals surface area contributed by atoms with Crippen LogP contribution in [0.2, 0.25) is 0 Å². The zero-order valence-electron chi connectivity index (χ0n) is 12.5. The van der Waals surface area contributed by atoms with Crippen molar-refractivity contribution in [3.63, 3.8) is 0 Å². The summed E-state index contributed by atoms with van der Waals surface area (Å²) in [7, 11) is -1.50. The first-order chi connectivity index (χ1) is 10.2. The van der Waals surface area contributed by atoms with E-state index >= 15 is 0 Å². The molecule has 22 heavy (non-hydrogen) atoms. The zero-order chi connectivity index (χ0) is 14.7. The summed E-state index contributed by atoms with van der Waals surface area (Å²) < 4.78 is 1.54. The Morgan fingerprint density at radius 2 is 1.64 bits per heavy atom. The van der Waals surface area contributed by atoms with Gasteiger partial charge in [-0.2, -0.15) is 0 Å². The first kappa shape index (κ1) is 18.1. The van der Waals surface area contributed by atoms with Gasteiger partial charge in [0.25, 0.3) is 0 Å². The minimum absolute atomic E-state index is 0. The number of halogens is 1. The van der Waals surface area contributed by atoms with Crippen LogP contribution in [-0.2, 0) is 0 Å². The van der Waals surface area contributed by atoms with Crippen molar-refractivity contribution < 1.29 is 17.0 Å². The van der Waals surface area contributed by atoms with Crippen LogP contribution in [0, 0.1) is 0 Å². The van der Waals surface area contributed by atoms with Crippen LogP contribution in [0.5, 0.6) is 0 Å². The molecule has 0 fully saturated rings. The van der Waals surface area contributed by atoms with Crippen molar-refractivity contribution in [1.82, 2.24) is 0 Å². The van der Waals surface area contributed by atoms with E-state index in [9.17, 15) is 0 Å². The molecular weight excluding hydrogens is 411 g/mol. The molecule has 3 aromatic heterocycles. The molecule has 0 aliphatic rings. The molecule has 116 valence electrons. The molecule has 0 N–H and O–H groups in total. The molecule has 0 aliphatic carbocycles. The molecule has 0 aliphatic heterocycles. The second kappa shape index (κ2) is 8.03. The minimum atomic E-state index is -1.50. The fourth-order valence-electron chi connectivity index (χ4n) is 2.46. The molecule has 0 atom stereocenters. The third-order valence-corrected chi connectivity index (χ3v) is 11.1. The average Bonchev–Trinajstić information content (AvgIpc) is 3.24. The zero-order valence-corrected chi connectivity index (χ0v) is 17.5. The average molecular weight is 429 g/mol. The lowest BCUT2D eigenvalue weighted by molar-refractivity contribution is -0.00000404. The lowest BCUT2D eigenvalue weighted by atomic mass is 10.3. The van der Waals surface area contributed by atoms with E-state index in [0.29, 0.717) is 0 Å². The van der Waals surface area contributed by atoms with E-state index < -0.39 is 7.26 Å². The van der Waals surface area contributed by atoms with Crippen LogP contribution in [0.15, 0.2) is 62.8 Å². The Balaban J connectivity index is 0.00000176. The summed E-state index contributed by atoms with van der Waals surface area (Å²) in [5, 5.41) is 14.4. The summed E-state index contributed by atoms with van der Waals surface area (Å²) in [4.78, 5) is 0. The molecule has 3 aromatic rings. The van der Waals surface area contributed by atoms with E-state index in [2.05, 4.69) is 71.1 Å². The smallest absolute Gasteiger partial charge is 0.157 e. The first-order valence-electron chi connectivity index (χ1n) is 6.84. The van der Waals surface area contributed by atoms with E-state index in [4.69, 9.17) is 0 Å². The molecule has 5 heteroatoms. The maximum absolute atomic E-state index is 2.42. The second-order valence-corrected chi connectivity index (χ2v) is 11.5. The fourth-order valence-corrected chi connectivity index (χ4v) is 10.8. The Morgan fingerprint density at radius 1 is 1.00 bits per heavy atom. The van der Waals surface area contributed by atoms with Crippen LogP contribution < -0.4 is 32.2 Å². The monoisotopic (exact) mass is 428 g/mol. The number of rotatable bonds is 5. The summed E-state index contributed by atoms with van der Waals surface area (Å²) >= 11 is 5.53. The third-order valence-electron chi connectivity index (χ3n) is 3.55. The van der Waals surface area contributed by atoms with Crippen molar-refractivity contribution in [3.8, 4) is 0 Å². The van der Waals surface area contributed by atoms with Crippen molar-refractivity contribution in [2.45, 2.75) is 13.8 Å². The van der Waals surface area contributed by atoms with Crippen molar-refractivity contribution in [3.05, 3.63) is 62.8 Å². The van der Waals surface area contributed by atoms with Crippen molar-refractivity contribution in [2.24, 2.45) is 0 Å². The highest BCUT2D eigenvalue weighted by Gasteiger charge is 2.46. The highest BCUT2D eigenvalue weighted by Crippen LogP contribution is 2.57. The molecule has 0 saturated heterocycles. The van der Waals surface area contributed by atoms with Gasteiger partial charge in [0.05, 0.1) is 6.16 Å². The van der Waals surface area contributed by atoms with Crippen LogP contribution in [0.3, 0.4) is 0 Å². The van der Waals surface area contributed by atoms with Crippen LogP contribution >= 0.6 is 41.3 Å². The van der Waals surface area contributed by atoms with Crippen molar-refractivity contribution >= 4 is 56.5 Å². The lowest BCUT2D eigenvalue weighted by Gasteiger charge is -2.22. The van der Waals surface area contributed by atoms with Gasteiger partial charge in [0.1, 0.15) is 17.9 Å². The lowest BCUT2D eigenvalue weighted by Crippen LogP contribution is -3.00. The number of allylic oxidation sites excluding steroid dienone is 2. The first-order valence-corrected chi connectivity index (χ1v) is 11.6. The normalized spacial score (nSPS) is 11.0. The molecule has 0 nitrogen and oxygen atoms in total. The number of hydrogen-bond donors (Lipinski definition) is 0. The highest BCUT2D eigenvalue weighted by atomic mass is 79.9. The Morgan fingerprint density at radius 3 is 2.05 bits per heavy atom. The van der Waals surface area contributed by atoms with Crippen molar-refractivity contribution in [1.29, 1.82) is 0 Å². The maximum Gasteiger partial charge on any atom is 0.157 e. The van der Waals surface area contributed by atoms with Gasteiger partial charge in [-0.15, -0.1) is 34.0 Å². The predicted molar refractivity (Wildman–Crippen MR) is 103 cm³/mol. The van der Waals surface area contributed by atoms with Gasteiger partial charge < -0.3 is 17.0 Å². The number of thiophene rings is 3. The molecule has 0 radical (unpaired) electrons. The molecular formula is C17H18BrPS3. The van der Waals surface area contributed by atoms with Gasteiger partial charge in [-0.1, -0.05) is 5.57 Å². The predicted octanol–water partition coefficient (Wildman–Crippen LogP) is 2.14. The molecule has 0 unspecified atom stereocenters. The highest BCUT2D eigenvalue weighted by molar-refractivity contribution is 7.99. The number of hydrogen-bond acceptors (Lipinski definition) is 3. The summed E-state index contributed by atoms with van der Waals surface area (Å²) in [6.45, 7) is 4.40. The fraction of sp³-hybridized carbons (Fsp3) is 0.176. The van der Waals surface area contributed by atoms with Crippen LogP contribution in [0.1, 0.15) is 13.8 Å². The topological polar surface area (TPSA) is 0 Å². The van der Waals surface area contributed by atoms with E-state index in [1.165, 1.54) is 20.8 Å². The van der Waals surface area contributed by atoms with Crippen molar-refractivity contribution in [2.75, 3.05) is 6.16 Å². The van der Waals surface area contributed by atoms with Crippen LogP contribution in [0.4, 0.5) is 0 Å². The Hall–Kier alpha value is -0.250. The Kier molecular flexibility index (Phi) is 6.60. The van der Waals surface area contributed by atoms with Gasteiger partial charge >= 0.3 is 0 Å².